The minimum Gasteiger partial charge on any atom is -0.486 e. The SMILES string of the molecule is O=C(c1cc(Cl)c2c(c1)OCCO2)N(Cc1c(F)cccc1Cl)C1CC1. The first-order valence-electron chi connectivity index (χ1n) is 8.37. The summed E-state index contributed by atoms with van der Waals surface area (Å²) in [6.07, 6.45) is 1.77. The number of ether oxygens (including phenoxy) is 2. The number of benzene rings is 2. The summed E-state index contributed by atoms with van der Waals surface area (Å²) >= 11 is 12.4. The summed E-state index contributed by atoms with van der Waals surface area (Å²) < 4.78 is 25.2. The standard InChI is InChI=1S/C19H16Cl2FNO3/c20-14-2-1-3-16(22)13(14)10-23(12-4-5-12)19(24)11-8-15(21)18-17(9-11)25-6-7-26-18/h1-3,8-9,12H,4-7,10H2. The van der Waals surface area contributed by atoms with Crippen LogP contribution in [0.25, 0.3) is 0 Å². The predicted octanol–water partition coefficient (Wildman–Crippen LogP) is 4.71. The van der Waals surface area contributed by atoms with Gasteiger partial charge < -0.3 is 14.4 Å². The van der Waals surface area contributed by atoms with Gasteiger partial charge >= 0.3 is 0 Å². The van der Waals surface area contributed by atoms with E-state index >= 15 is 0 Å². The second kappa shape index (κ2) is 6.97. The lowest BCUT2D eigenvalue weighted by Gasteiger charge is -2.25. The molecule has 0 unspecified atom stereocenters. The fourth-order valence-electron chi connectivity index (χ4n) is 3.01. The molecule has 1 aliphatic heterocycles. The molecular weight excluding hydrogens is 380 g/mol. The third-order valence-electron chi connectivity index (χ3n) is 4.48. The Labute approximate surface area is 160 Å². The zero-order valence-electron chi connectivity index (χ0n) is 13.8. The van der Waals surface area contributed by atoms with Crippen LogP contribution in [0, 0.1) is 5.82 Å². The molecule has 0 bridgehead atoms. The molecule has 4 nitrogen and oxygen atoms in total. The quantitative estimate of drug-likeness (QED) is 0.752. The number of amides is 1. The van der Waals surface area contributed by atoms with E-state index in [0.29, 0.717) is 45.9 Å². The lowest BCUT2D eigenvalue weighted by Crippen LogP contribution is -2.33. The van der Waals surface area contributed by atoms with Gasteiger partial charge in [0.05, 0.1) is 11.6 Å². The lowest BCUT2D eigenvalue weighted by atomic mass is 10.1. The van der Waals surface area contributed by atoms with Gasteiger partial charge in [0.25, 0.3) is 5.91 Å². The van der Waals surface area contributed by atoms with Crippen LogP contribution in [0.2, 0.25) is 10.0 Å². The van der Waals surface area contributed by atoms with Crippen molar-refractivity contribution < 1.29 is 18.7 Å². The van der Waals surface area contributed by atoms with E-state index in [-0.39, 0.29) is 18.5 Å². The summed E-state index contributed by atoms with van der Waals surface area (Å²) in [6, 6.07) is 7.78. The highest BCUT2D eigenvalue weighted by molar-refractivity contribution is 6.32. The number of halogens is 3. The van der Waals surface area contributed by atoms with Gasteiger partial charge in [-0.3, -0.25) is 4.79 Å². The van der Waals surface area contributed by atoms with Crippen LogP contribution < -0.4 is 9.47 Å². The molecule has 0 aromatic heterocycles. The van der Waals surface area contributed by atoms with E-state index < -0.39 is 5.82 Å². The first kappa shape index (κ1) is 17.4. The largest absolute Gasteiger partial charge is 0.486 e. The third-order valence-corrected chi connectivity index (χ3v) is 5.12. The topological polar surface area (TPSA) is 38.8 Å². The van der Waals surface area contributed by atoms with Gasteiger partial charge in [0.2, 0.25) is 0 Å². The molecule has 0 atom stereocenters. The molecule has 0 N–H and O–H groups in total. The summed E-state index contributed by atoms with van der Waals surface area (Å²) in [6.45, 7) is 0.930. The van der Waals surface area contributed by atoms with Crippen molar-refractivity contribution in [2.24, 2.45) is 0 Å². The van der Waals surface area contributed by atoms with E-state index in [4.69, 9.17) is 32.7 Å². The molecule has 1 aliphatic carbocycles. The Morgan fingerprint density at radius 1 is 1.15 bits per heavy atom. The van der Waals surface area contributed by atoms with Crippen LogP contribution >= 0.6 is 23.2 Å². The Morgan fingerprint density at radius 3 is 2.65 bits per heavy atom. The highest BCUT2D eigenvalue weighted by Gasteiger charge is 2.34. The zero-order valence-corrected chi connectivity index (χ0v) is 15.3. The molecule has 1 saturated carbocycles. The molecule has 1 amide bonds. The van der Waals surface area contributed by atoms with Crippen molar-refractivity contribution in [3.05, 3.63) is 57.3 Å². The van der Waals surface area contributed by atoms with Crippen LogP contribution in [-0.4, -0.2) is 30.1 Å². The van der Waals surface area contributed by atoms with Crippen LogP contribution in [0.5, 0.6) is 11.5 Å². The van der Waals surface area contributed by atoms with Crippen LogP contribution in [0.3, 0.4) is 0 Å². The van der Waals surface area contributed by atoms with Gasteiger partial charge in [0.15, 0.2) is 11.5 Å². The maximum absolute atomic E-state index is 14.2. The first-order valence-corrected chi connectivity index (χ1v) is 9.13. The number of carbonyl (C=O) groups excluding carboxylic acids is 1. The van der Waals surface area contributed by atoms with Gasteiger partial charge in [-0.1, -0.05) is 29.3 Å². The number of hydrogen-bond acceptors (Lipinski definition) is 3. The van der Waals surface area contributed by atoms with Gasteiger partial charge in [-0.05, 0) is 37.1 Å². The summed E-state index contributed by atoms with van der Waals surface area (Å²) in [5.41, 5.74) is 0.705. The molecule has 1 fully saturated rings. The number of nitrogens with zero attached hydrogens (tertiary/aromatic N) is 1. The molecular formula is C19H16Cl2FNO3. The number of carbonyl (C=O) groups is 1. The fraction of sp³-hybridized carbons (Fsp3) is 0.316. The Morgan fingerprint density at radius 2 is 1.92 bits per heavy atom. The second-order valence-electron chi connectivity index (χ2n) is 6.35. The maximum atomic E-state index is 14.2. The van der Waals surface area contributed by atoms with Crippen molar-refractivity contribution in [3.63, 3.8) is 0 Å². The third kappa shape index (κ3) is 3.33. The molecule has 26 heavy (non-hydrogen) atoms. The van der Waals surface area contributed by atoms with Crippen LogP contribution in [0.1, 0.15) is 28.8 Å². The van der Waals surface area contributed by atoms with Crippen LogP contribution in [0.4, 0.5) is 4.39 Å². The average molecular weight is 396 g/mol. The molecule has 136 valence electrons. The van der Waals surface area contributed by atoms with E-state index in [2.05, 4.69) is 0 Å². The highest BCUT2D eigenvalue weighted by Crippen LogP contribution is 2.39. The number of rotatable bonds is 4. The zero-order chi connectivity index (χ0) is 18.3. The van der Waals surface area contributed by atoms with Crippen molar-refractivity contribution in [3.8, 4) is 11.5 Å². The number of fused-ring (bicyclic) bond motifs is 1. The van der Waals surface area contributed by atoms with Gasteiger partial charge in [0.1, 0.15) is 19.0 Å². The van der Waals surface area contributed by atoms with E-state index in [9.17, 15) is 9.18 Å². The summed E-state index contributed by atoms with van der Waals surface area (Å²) in [4.78, 5) is 14.7. The van der Waals surface area contributed by atoms with Crippen molar-refractivity contribution in [1.82, 2.24) is 4.90 Å². The van der Waals surface area contributed by atoms with Gasteiger partial charge in [-0.2, -0.15) is 0 Å². The summed E-state index contributed by atoms with van der Waals surface area (Å²) in [5, 5.41) is 0.633. The fourth-order valence-corrected chi connectivity index (χ4v) is 3.49. The van der Waals surface area contributed by atoms with E-state index in [1.165, 1.54) is 6.07 Å². The van der Waals surface area contributed by atoms with Gasteiger partial charge in [-0.15, -0.1) is 0 Å². The van der Waals surface area contributed by atoms with Crippen LogP contribution in [0.15, 0.2) is 30.3 Å². The van der Waals surface area contributed by atoms with Crippen molar-refractivity contribution in [2.45, 2.75) is 25.4 Å². The smallest absolute Gasteiger partial charge is 0.254 e. The monoisotopic (exact) mass is 395 g/mol. The lowest BCUT2D eigenvalue weighted by molar-refractivity contribution is 0.0727. The molecule has 2 aliphatic rings. The molecule has 1 heterocycles. The second-order valence-corrected chi connectivity index (χ2v) is 7.16. The van der Waals surface area contributed by atoms with Gasteiger partial charge in [-0.25, -0.2) is 4.39 Å². The predicted molar refractivity (Wildman–Crippen MR) is 96.7 cm³/mol. The van der Waals surface area contributed by atoms with Crippen molar-refractivity contribution in [1.29, 1.82) is 0 Å². The Bertz CT molecular complexity index is 850. The molecule has 0 radical (unpaired) electrons. The molecule has 0 spiro atoms. The summed E-state index contributed by atoms with van der Waals surface area (Å²) in [7, 11) is 0. The highest BCUT2D eigenvalue weighted by atomic mass is 35.5. The molecule has 4 rings (SSSR count). The molecule has 7 heteroatoms. The van der Waals surface area contributed by atoms with Crippen molar-refractivity contribution in [2.75, 3.05) is 13.2 Å². The molecule has 2 aromatic rings. The molecule has 2 aromatic carbocycles. The Hall–Kier alpha value is -1.98. The van der Waals surface area contributed by atoms with E-state index in [1.54, 1.807) is 29.2 Å². The number of hydrogen-bond donors (Lipinski definition) is 0. The molecule has 0 saturated heterocycles. The normalized spacial score (nSPS) is 15.7. The van der Waals surface area contributed by atoms with E-state index in [0.717, 1.165) is 12.8 Å². The summed E-state index contributed by atoms with van der Waals surface area (Å²) in [5.74, 6) is 0.248. The van der Waals surface area contributed by atoms with Crippen LogP contribution in [-0.2, 0) is 6.54 Å². The average Bonchev–Trinajstić information content (AvgIpc) is 3.46. The minimum atomic E-state index is -0.420. The Balaban J connectivity index is 1.65. The van der Waals surface area contributed by atoms with Gasteiger partial charge in [0, 0.05) is 22.2 Å². The minimum absolute atomic E-state index is 0.0742. The van der Waals surface area contributed by atoms with E-state index in [1.807, 2.05) is 0 Å². The Kier molecular flexibility index (Phi) is 4.67. The first-order chi connectivity index (χ1) is 12.5. The van der Waals surface area contributed by atoms with Crippen molar-refractivity contribution >= 4 is 29.1 Å². The maximum Gasteiger partial charge on any atom is 0.254 e.